The monoisotopic (exact) mass is 402 g/mol. The van der Waals surface area contributed by atoms with Gasteiger partial charge in [-0.15, -0.1) is 0 Å². The van der Waals surface area contributed by atoms with E-state index in [0.29, 0.717) is 34.6 Å². The first-order valence-corrected chi connectivity index (χ1v) is 9.21. The number of nitrogens with zero attached hydrogens (tertiary/aromatic N) is 2. The Morgan fingerprint density at radius 3 is 2.70 bits per heavy atom. The van der Waals surface area contributed by atoms with E-state index in [0.717, 1.165) is 11.1 Å². The number of amides is 1. The lowest BCUT2D eigenvalue weighted by atomic mass is 10.1. The molecule has 0 bridgehead atoms. The third kappa shape index (κ3) is 3.89. The van der Waals surface area contributed by atoms with E-state index in [1.807, 2.05) is 24.3 Å². The predicted octanol–water partition coefficient (Wildman–Crippen LogP) is 3.23. The molecule has 0 atom stereocenters. The number of nitrogens with one attached hydrogen (secondary N) is 1. The quantitative estimate of drug-likeness (QED) is 0.451. The summed E-state index contributed by atoms with van der Waals surface area (Å²) in [5, 5.41) is 11.8. The molecule has 4 N–H and O–H groups in total. The molecule has 0 spiro atoms. The van der Waals surface area contributed by atoms with Crippen molar-refractivity contribution in [2.24, 2.45) is 5.73 Å². The zero-order chi connectivity index (χ0) is 21.1. The zero-order valence-electron chi connectivity index (χ0n) is 15.8. The molecule has 8 nitrogen and oxygen atoms in total. The molecule has 0 aliphatic carbocycles. The molecular formula is C22H18N4O4. The average molecular weight is 402 g/mol. The van der Waals surface area contributed by atoms with Crippen LogP contribution in [0, 0.1) is 0 Å². The molecule has 0 unspecified atom stereocenters. The number of aliphatic carboxylic acids is 1. The number of benzene rings is 2. The Morgan fingerprint density at radius 1 is 1.07 bits per heavy atom. The van der Waals surface area contributed by atoms with Crippen LogP contribution >= 0.6 is 0 Å². The van der Waals surface area contributed by atoms with Gasteiger partial charge in [0, 0.05) is 23.9 Å². The lowest BCUT2D eigenvalue weighted by Crippen LogP contribution is -2.17. The molecule has 1 amide bonds. The van der Waals surface area contributed by atoms with Gasteiger partial charge in [-0.3, -0.25) is 9.59 Å². The first kappa shape index (κ1) is 19.3. The van der Waals surface area contributed by atoms with Crippen LogP contribution in [0.25, 0.3) is 22.4 Å². The largest absolute Gasteiger partial charge is 0.481 e. The summed E-state index contributed by atoms with van der Waals surface area (Å²) in [4.78, 5) is 32.7. The van der Waals surface area contributed by atoms with E-state index in [4.69, 9.17) is 15.3 Å². The number of furan rings is 1. The summed E-state index contributed by atoms with van der Waals surface area (Å²) in [7, 11) is 0. The number of carbonyl (C=O) groups is 2. The van der Waals surface area contributed by atoms with E-state index < -0.39 is 11.9 Å². The minimum absolute atomic E-state index is 0.0535. The topological polar surface area (TPSA) is 131 Å². The van der Waals surface area contributed by atoms with Crippen molar-refractivity contribution in [1.82, 2.24) is 9.97 Å². The van der Waals surface area contributed by atoms with Crippen molar-refractivity contribution in [3.63, 3.8) is 0 Å². The first-order chi connectivity index (χ1) is 14.5. The number of hydrogen-bond donors (Lipinski definition) is 3. The van der Waals surface area contributed by atoms with Crippen molar-refractivity contribution in [2.45, 2.75) is 13.0 Å². The van der Waals surface area contributed by atoms with Gasteiger partial charge >= 0.3 is 5.97 Å². The number of nitrogens with two attached hydrogens (primary N) is 1. The number of aromatic nitrogens is 2. The molecule has 30 heavy (non-hydrogen) atoms. The Kier molecular flexibility index (Phi) is 5.23. The van der Waals surface area contributed by atoms with Gasteiger partial charge < -0.3 is 20.6 Å². The Morgan fingerprint density at radius 2 is 1.90 bits per heavy atom. The number of carboxylic acids is 1. The molecule has 0 aliphatic heterocycles. The minimum Gasteiger partial charge on any atom is -0.481 e. The number of carbonyl (C=O) groups excluding carboxylic acids is 1. The van der Waals surface area contributed by atoms with Crippen LogP contribution < -0.4 is 11.1 Å². The first-order valence-electron chi connectivity index (χ1n) is 9.21. The number of hydrogen-bond acceptors (Lipinski definition) is 6. The van der Waals surface area contributed by atoms with Gasteiger partial charge in [0.05, 0.1) is 12.7 Å². The molecule has 2 aromatic carbocycles. The lowest BCUT2D eigenvalue weighted by Gasteiger charge is -2.10. The van der Waals surface area contributed by atoms with Crippen LogP contribution in [-0.2, 0) is 17.8 Å². The SMILES string of the molecule is NCc1cccc(-c2nc(C(=O)Nc3ccccc3CC(=O)O)nc3ccoc23)c1. The fourth-order valence-electron chi connectivity index (χ4n) is 3.14. The number of fused-ring (bicyclic) bond motifs is 1. The summed E-state index contributed by atoms with van der Waals surface area (Å²) in [5.41, 5.74) is 9.72. The van der Waals surface area contributed by atoms with Crippen LogP contribution in [0.5, 0.6) is 0 Å². The maximum atomic E-state index is 12.9. The van der Waals surface area contributed by atoms with Crippen molar-refractivity contribution >= 4 is 28.7 Å². The summed E-state index contributed by atoms with van der Waals surface area (Å²) in [6.45, 7) is 0.369. The highest BCUT2D eigenvalue weighted by molar-refractivity contribution is 6.04. The van der Waals surface area contributed by atoms with Gasteiger partial charge in [0.2, 0.25) is 5.82 Å². The minimum atomic E-state index is -0.991. The lowest BCUT2D eigenvalue weighted by molar-refractivity contribution is -0.136. The second-order valence-corrected chi connectivity index (χ2v) is 6.62. The number of anilines is 1. The van der Waals surface area contributed by atoms with Crippen LogP contribution in [0.3, 0.4) is 0 Å². The normalized spacial score (nSPS) is 10.8. The summed E-state index contributed by atoms with van der Waals surface area (Å²) in [6, 6.07) is 15.9. The molecule has 0 radical (unpaired) electrons. The van der Waals surface area contributed by atoms with E-state index in [1.54, 1.807) is 30.3 Å². The highest BCUT2D eigenvalue weighted by atomic mass is 16.4. The highest BCUT2D eigenvalue weighted by Crippen LogP contribution is 2.28. The van der Waals surface area contributed by atoms with Crippen LogP contribution in [0.2, 0.25) is 0 Å². The van der Waals surface area contributed by atoms with Crippen molar-refractivity contribution in [2.75, 3.05) is 5.32 Å². The second-order valence-electron chi connectivity index (χ2n) is 6.62. The summed E-state index contributed by atoms with van der Waals surface area (Å²) in [6.07, 6.45) is 1.27. The molecule has 0 aliphatic rings. The number of carboxylic acid groups (broad SMARTS) is 1. The molecule has 0 fully saturated rings. The van der Waals surface area contributed by atoms with E-state index in [9.17, 15) is 9.59 Å². The van der Waals surface area contributed by atoms with Gasteiger partial charge in [-0.25, -0.2) is 9.97 Å². The van der Waals surface area contributed by atoms with E-state index >= 15 is 0 Å². The Labute approximate surface area is 171 Å². The van der Waals surface area contributed by atoms with Crippen molar-refractivity contribution in [3.8, 4) is 11.3 Å². The molecule has 2 heterocycles. The van der Waals surface area contributed by atoms with E-state index in [1.165, 1.54) is 6.26 Å². The van der Waals surface area contributed by atoms with Gasteiger partial charge in [-0.05, 0) is 23.3 Å². The smallest absolute Gasteiger partial charge is 0.307 e. The van der Waals surface area contributed by atoms with Crippen LogP contribution in [0.15, 0.2) is 65.3 Å². The fourth-order valence-corrected chi connectivity index (χ4v) is 3.14. The third-order valence-corrected chi connectivity index (χ3v) is 4.55. The van der Waals surface area contributed by atoms with Crippen LogP contribution in [0.4, 0.5) is 5.69 Å². The highest BCUT2D eigenvalue weighted by Gasteiger charge is 2.19. The average Bonchev–Trinajstić information content (AvgIpc) is 3.23. The second kappa shape index (κ2) is 8.14. The Bertz CT molecular complexity index is 1250. The van der Waals surface area contributed by atoms with Gasteiger partial charge in [-0.2, -0.15) is 0 Å². The third-order valence-electron chi connectivity index (χ3n) is 4.55. The zero-order valence-corrected chi connectivity index (χ0v) is 15.8. The molecule has 4 aromatic rings. The van der Waals surface area contributed by atoms with Crippen molar-refractivity contribution in [3.05, 3.63) is 77.8 Å². The molecule has 2 aromatic heterocycles. The maximum Gasteiger partial charge on any atom is 0.307 e. The predicted molar refractivity (Wildman–Crippen MR) is 111 cm³/mol. The van der Waals surface area contributed by atoms with E-state index in [-0.39, 0.29) is 12.2 Å². The maximum absolute atomic E-state index is 12.9. The van der Waals surface area contributed by atoms with Crippen molar-refractivity contribution in [1.29, 1.82) is 0 Å². The molecule has 4 rings (SSSR count). The van der Waals surface area contributed by atoms with Crippen molar-refractivity contribution < 1.29 is 19.1 Å². The molecule has 0 saturated carbocycles. The van der Waals surface area contributed by atoms with E-state index in [2.05, 4.69) is 15.3 Å². The van der Waals surface area contributed by atoms with Gasteiger partial charge in [0.15, 0.2) is 5.58 Å². The molecular weight excluding hydrogens is 384 g/mol. The Hall–Kier alpha value is -4.04. The standard InChI is InChI=1S/C22H18N4O4/c23-12-13-4-3-6-15(10-13)19-20-17(8-9-30-20)24-21(26-19)22(29)25-16-7-2-1-5-14(16)11-18(27)28/h1-10H,11-12,23H2,(H,25,29)(H,27,28). The summed E-state index contributed by atoms with van der Waals surface area (Å²) >= 11 is 0. The van der Waals surface area contributed by atoms with Crippen LogP contribution in [-0.4, -0.2) is 27.0 Å². The number of para-hydroxylation sites is 1. The molecule has 150 valence electrons. The van der Waals surface area contributed by atoms with Gasteiger partial charge in [0.1, 0.15) is 11.2 Å². The summed E-state index contributed by atoms with van der Waals surface area (Å²) < 4.78 is 5.54. The summed E-state index contributed by atoms with van der Waals surface area (Å²) in [5.74, 6) is -1.59. The van der Waals surface area contributed by atoms with Gasteiger partial charge in [-0.1, -0.05) is 36.4 Å². The molecule has 0 saturated heterocycles. The van der Waals surface area contributed by atoms with Crippen LogP contribution in [0.1, 0.15) is 21.7 Å². The number of rotatable bonds is 6. The Balaban J connectivity index is 1.73. The molecule has 8 heteroatoms. The fraction of sp³-hybridized carbons (Fsp3) is 0.0909. The van der Waals surface area contributed by atoms with Gasteiger partial charge in [0.25, 0.3) is 5.91 Å².